The monoisotopic (exact) mass is 978 g/mol. The highest BCUT2D eigenvalue weighted by atomic mass is 32.1. The van der Waals surface area contributed by atoms with Crippen molar-refractivity contribution in [3.8, 4) is 10.4 Å². The van der Waals surface area contributed by atoms with Gasteiger partial charge in [0.25, 0.3) is 0 Å². The molecule has 4 atom stereocenters. The summed E-state index contributed by atoms with van der Waals surface area (Å²) in [7, 11) is 4.19. The lowest BCUT2D eigenvalue weighted by atomic mass is 9.85. The normalized spacial score (nSPS) is 17.4. The van der Waals surface area contributed by atoms with Gasteiger partial charge in [0.05, 0.1) is 28.2 Å². The molecule has 2 fully saturated rings. The number of para-hydroxylation sites is 1. The summed E-state index contributed by atoms with van der Waals surface area (Å²) in [5.41, 5.74) is 9.48. The molecule has 3 heterocycles. The lowest BCUT2D eigenvalue weighted by Gasteiger charge is -2.36. The molecule has 14 heteroatoms. The highest BCUT2D eigenvalue weighted by Gasteiger charge is 2.44. The Bertz CT molecular complexity index is 2220. The second-order valence-electron chi connectivity index (χ2n) is 20.8. The quantitative estimate of drug-likeness (QED) is 0.0392. The lowest BCUT2D eigenvalue weighted by Crippen LogP contribution is -2.57. The molecule has 0 spiro atoms. The van der Waals surface area contributed by atoms with Gasteiger partial charge in [-0.15, -0.1) is 11.3 Å². The Hall–Kier alpha value is -4.86. The zero-order valence-electron chi connectivity index (χ0n) is 43.3. The Morgan fingerprint density at radius 3 is 2.13 bits per heavy atom. The number of aliphatic hydroxyl groups is 1. The molecule has 70 heavy (non-hydrogen) atoms. The van der Waals surface area contributed by atoms with E-state index in [1.54, 1.807) is 11.3 Å². The number of amides is 3. The van der Waals surface area contributed by atoms with Crippen molar-refractivity contribution in [3.05, 3.63) is 101 Å². The Balaban J connectivity index is 0.798. The van der Waals surface area contributed by atoms with E-state index >= 15 is 0 Å². The minimum Gasteiger partial charge on any atom is -0.391 e. The van der Waals surface area contributed by atoms with E-state index in [1.165, 1.54) is 46.7 Å². The van der Waals surface area contributed by atoms with Gasteiger partial charge in [-0.2, -0.15) is 0 Å². The van der Waals surface area contributed by atoms with Gasteiger partial charge in [-0.05, 0) is 98.6 Å². The van der Waals surface area contributed by atoms with Crippen molar-refractivity contribution < 1.29 is 19.5 Å². The molecule has 3 amide bonds. The van der Waals surface area contributed by atoms with Crippen molar-refractivity contribution in [1.29, 1.82) is 0 Å². The third-order valence-electron chi connectivity index (χ3n) is 13.9. The molecule has 2 aliphatic rings. The third kappa shape index (κ3) is 16.3. The number of aromatic nitrogens is 1. The van der Waals surface area contributed by atoms with Gasteiger partial charge in [0.2, 0.25) is 17.7 Å². The van der Waals surface area contributed by atoms with E-state index < -0.39 is 23.6 Å². The van der Waals surface area contributed by atoms with E-state index in [0.717, 1.165) is 113 Å². The van der Waals surface area contributed by atoms with Crippen LogP contribution in [0.5, 0.6) is 0 Å². The van der Waals surface area contributed by atoms with Crippen LogP contribution < -0.4 is 31.1 Å². The zero-order valence-corrected chi connectivity index (χ0v) is 44.1. The van der Waals surface area contributed by atoms with Crippen molar-refractivity contribution in [1.82, 2.24) is 36.1 Å². The van der Waals surface area contributed by atoms with Crippen molar-refractivity contribution in [3.63, 3.8) is 0 Å². The molecule has 1 aromatic heterocycles. The number of unbranched alkanes of at least 4 members (excludes halogenated alkanes) is 6. The molecule has 5 N–H and O–H groups in total. The molecule has 0 bridgehead atoms. The Labute approximate surface area is 423 Å². The number of aryl methyl sites for hydroxylation is 1. The van der Waals surface area contributed by atoms with Gasteiger partial charge in [0.1, 0.15) is 12.1 Å². The summed E-state index contributed by atoms with van der Waals surface area (Å²) in [5, 5.41) is 24.0. The number of nitrogens with one attached hydrogen (secondary N) is 4. The van der Waals surface area contributed by atoms with E-state index in [4.69, 9.17) is 0 Å². The maximum atomic E-state index is 14.1. The van der Waals surface area contributed by atoms with Crippen molar-refractivity contribution >= 4 is 40.4 Å². The lowest BCUT2D eigenvalue weighted by molar-refractivity contribution is -0.144. The molecule has 382 valence electrons. The predicted molar refractivity (Wildman–Crippen MR) is 287 cm³/mol. The van der Waals surface area contributed by atoms with Gasteiger partial charge in [0.15, 0.2) is 0 Å². The maximum Gasteiger partial charge on any atom is 0.246 e. The molecule has 0 radical (unpaired) electrons. The minimum absolute atomic E-state index is 0.0514. The third-order valence-corrected chi connectivity index (χ3v) is 14.9. The Morgan fingerprint density at radius 2 is 1.47 bits per heavy atom. The first-order valence-electron chi connectivity index (χ1n) is 26.0. The summed E-state index contributed by atoms with van der Waals surface area (Å²) in [4.78, 5) is 55.2. The molecule has 4 aromatic rings. The number of nitrogens with zero attached hydrogens (tertiary/aromatic N) is 5. The van der Waals surface area contributed by atoms with Crippen LogP contribution in [-0.2, 0) is 27.5 Å². The first kappa shape index (κ1) is 54.5. The number of aliphatic hydroxyl groups excluding tert-OH is 1. The topological polar surface area (TPSA) is 145 Å². The first-order chi connectivity index (χ1) is 33.7. The highest BCUT2D eigenvalue weighted by molar-refractivity contribution is 7.13. The van der Waals surface area contributed by atoms with Crippen LogP contribution in [0.4, 0.5) is 11.4 Å². The zero-order chi connectivity index (χ0) is 50.0. The molecular formula is C56H83N9O4S. The number of benzene rings is 3. The number of hydrogen-bond donors (Lipinski definition) is 5. The van der Waals surface area contributed by atoms with E-state index in [9.17, 15) is 19.5 Å². The average molecular weight is 978 g/mol. The number of rotatable bonds is 26. The summed E-state index contributed by atoms with van der Waals surface area (Å²) >= 11 is 1.60. The van der Waals surface area contributed by atoms with Gasteiger partial charge in [0, 0.05) is 84.1 Å². The van der Waals surface area contributed by atoms with Crippen LogP contribution in [0, 0.1) is 12.3 Å². The Kier molecular flexibility index (Phi) is 21.1. The van der Waals surface area contributed by atoms with Crippen LogP contribution >= 0.6 is 11.3 Å². The van der Waals surface area contributed by atoms with Crippen LogP contribution in [0.2, 0.25) is 0 Å². The number of thiazole rings is 1. The second kappa shape index (κ2) is 27.1. The first-order valence-corrected chi connectivity index (χ1v) is 26.9. The number of likely N-dealkylation sites (tertiary alicyclic amines) is 1. The fourth-order valence-electron chi connectivity index (χ4n) is 9.70. The number of carbonyl (C=O) groups is 3. The van der Waals surface area contributed by atoms with Crippen LogP contribution in [0.3, 0.4) is 0 Å². The average Bonchev–Trinajstić information content (AvgIpc) is 3.97. The van der Waals surface area contributed by atoms with Gasteiger partial charge in [-0.25, -0.2) is 4.98 Å². The molecular weight excluding hydrogens is 895 g/mol. The number of carbonyl (C=O) groups excluding carboxylic acids is 3. The predicted octanol–water partition coefficient (Wildman–Crippen LogP) is 8.07. The molecule has 0 unspecified atom stereocenters. The van der Waals surface area contributed by atoms with E-state index in [2.05, 4.69) is 104 Å². The summed E-state index contributed by atoms with van der Waals surface area (Å²) < 4.78 is 0. The van der Waals surface area contributed by atoms with Crippen LogP contribution in [0.25, 0.3) is 10.4 Å². The minimum atomic E-state index is -0.827. The highest BCUT2D eigenvalue weighted by Crippen LogP contribution is 2.30. The fraction of sp³-hybridized carbons (Fsp3) is 0.571. The van der Waals surface area contributed by atoms with Gasteiger partial charge in [-0.3, -0.25) is 19.3 Å². The standard InChI is InChI=1S/C56H83N9O4S/c1-41(44-23-25-45(26-24-44)52-42(2)59-40-70-52)60-54(68)50-36-48(66)39-65(50)55(69)53(56(3,4)5)61-51(67)20-13-11-9-8-10-12-16-31-63-32-34-64(35-33-63)47-27-21-43(22-28-47)37-57-29-17-30-58-38-46-18-14-15-19-49(46)62(6)7/h14-15,18-19,21-28,40-41,48,50,53,57-58,66H,8-13,16-17,20,29-39H2,1-7H3,(H,60,68)(H,61,67)/t41-,48+,50-,53+/m0/s1. The molecule has 6 rings (SSSR count). The van der Waals surface area contributed by atoms with Crippen molar-refractivity contribution in [2.24, 2.45) is 5.41 Å². The van der Waals surface area contributed by atoms with E-state index in [-0.39, 0.29) is 36.7 Å². The van der Waals surface area contributed by atoms with Gasteiger partial charge in [-0.1, -0.05) is 107 Å². The van der Waals surface area contributed by atoms with Crippen LogP contribution in [0.15, 0.2) is 78.3 Å². The number of piperazine rings is 1. The summed E-state index contributed by atoms with van der Waals surface area (Å²) in [5.74, 6) is -0.801. The van der Waals surface area contributed by atoms with Crippen molar-refractivity contribution in [2.45, 2.75) is 136 Å². The summed E-state index contributed by atoms with van der Waals surface area (Å²) in [6.45, 7) is 18.9. The van der Waals surface area contributed by atoms with Crippen LogP contribution in [-0.4, -0.2) is 122 Å². The van der Waals surface area contributed by atoms with E-state index in [0.29, 0.717) is 6.42 Å². The molecule has 0 aliphatic carbocycles. The smallest absolute Gasteiger partial charge is 0.246 e. The van der Waals surface area contributed by atoms with E-state index in [1.807, 2.05) is 64.4 Å². The molecule has 0 saturated carbocycles. The molecule has 3 aromatic carbocycles. The van der Waals surface area contributed by atoms with Gasteiger partial charge >= 0.3 is 0 Å². The maximum absolute atomic E-state index is 14.1. The fourth-order valence-corrected chi connectivity index (χ4v) is 10.5. The summed E-state index contributed by atoms with van der Waals surface area (Å²) in [6.07, 6.45) is 8.39. The largest absolute Gasteiger partial charge is 0.391 e. The second-order valence-corrected chi connectivity index (χ2v) is 21.7. The number of hydrogen-bond acceptors (Lipinski definition) is 11. The molecule has 13 nitrogen and oxygen atoms in total. The van der Waals surface area contributed by atoms with Gasteiger partial charge < -0.3 is 41.1 Å². The molecule has 2 saturated heterocycles. The summed E-state index contributed by atoms with van der Waals surface area (Å²) in [6, 6.07) is 23.8. The number of β-amino-alcohol motifs (C(OH)–C–C–N with tert-alkyl or cyclic N) is 1. The Morgan fingerprint density at radius 1 is 0.814 bits per heavy atom. The SMILES string of the molecule is Cc1ncsc1-c1ccc([C@H](C)NC(=O)[C@@H]2C[C@@H](O)CN2C(=O)[C@@H](NC(=O)CCCCCCCCCN2CCN(c3ccc(CNCCCNCc4ccccc4N(C)C)cc3)CC2)C(C)(C)C)cc1. The van der Waals surface area contributed by atoms with Crippen LogP contribution in [0.1, 0.15) is 120 Å². The van der Waals surface area contributed by atoms with Crippen molar-refractivity contribution in [2.75, 3.05) is 76.3 Å². The number of anilines is 2. The molecule has 2 aliphatic heterocycles.